The third-order valence-electron chi connectivity index (χ3n) is 5.86. The first-order valence-corrected chi connectivity index (χ1v) is 9.43. The second kappa shape index (κ2) is 6.84. The van der Waals surface area contributed by atoms with Crippen LogP contribution in [0.4, 0.5) is 4.39 Å². The molecule has 136 valence electrons. The van der Waals surface area contributed by atoms with Crippen molar-refractivity contribution in [3.63, 3.8) is 0 Å². The fraction of sp³-hybridized carbons (Fsp3) is 0.409. The molecule has 2 unspecified atom stereocenters. The van der Waals surface area contributed by atoms with Gasteiger partial charge >= 0.3 is 0 Å². The Morgan fingerprint density at radius 3 is 2.31 bits per heavy atom. The Morgan fingerprint density at radius 2 is 1.65 bits per heavy atom. The lowest BCUT2D eigenvalue weighted by atomic mass is 9.98. The largest absolute Gasteiger partial charge is 0.349 e. The molecule has 2 aliphatic rings. The van der Waals surface area contributed by atoms with Crippen LogP contribution in [0.2, 0.25) is 0 Å². The van der Waals surface area contributed by atoms with Gasteiger partial charge in [-0.05, 0) is 73.9 Å². The average Bonchev–Trinajstić information content (AvgIpc) is 2.95. The van der Waals surface area contributed by atoms with Crippen LogP contribution in [0.1, 0.15) is 47.2 Å². The van der Waals surface area contributed by atoms with Crippen molar-refractivity contribution in [2.24, 2.45) is 0 Å². The van der Waals surface area contributed by atoms with E-state index in [1.54, 1.807) is 6.07 Å². The molecular formula is C22H25FN2O. The van der Waals surface area contributed by atoms with Crippen molar-refractivity contribution in [2.75, 3.05) is 0 Å². The van der Waals surface area contributed by atoms with Crippen molar-refractivity contribution < 1.29 is 9.18 Å². The predicted molar refractivity (Wildman–Crippen MR) is 102 cm³/mol. The third kappa shape index (κ3) is 3.38. The number of fused-ring (bicyclic) bond motifs is 2. The van der Waals surface area contributed by atoms with Crippen molar-refractivity contribution in [3.8, 4) is 11.1 Å². The van der Waals surface area contributed by atoms with Crippen LogP contribution in [0.15, 0.2) is 36.4 Å². The van der Waals surface area contributed by atoms with E-state index in [0.29, 0.717) is 12.1 Å². The van der Waals surface area contributed by atoms with Crippen LogP contribution in [0.5, 0.6) is 0 Å². The van der Waals surface area contributed by atoms with E-state index in [2.05, 4.69) is 23.6 Å². The van der Waals surface area contributed by atoms with Crippen molar-refractivity contribution >= 4 is 5.91 Å². The second-order valence-electron chi connectivity index (χ2n) is 7.77. The van der Waals surface area contributed by atoms with Crippen molar-refractivity contribution in [1.29, 1.82) is 0 Å². The molecule has 0 aromatic heterocycles. The number of halogens is 1. The van der Waals surface area contributed by atoms with Crippen LogP contribution >= 0.6 is 0 Å². The predicted octanol–water partition coefficient (Wildman–Crippen LogP) is 4.12. The van der Waals surface area contributed by atoms with Crippen LogP contribution in [-0.2, 0) is 0 Å². The summed E-state index contributed by atoms with van der Waals surface area (Å²) in [6.45, 7) is 4.10. The van der Waals surface area contributed by atoms with Crippen molar-refractivity contribution in [1.82, 2.24) is 10.6 Å². The summed E-state index contributed by atoms with van der Waals surface area (Å²) < 4.78 is 14.6. The third-order valence-corrected chi connectivity index (χ3v) is 5.86. The molecule has 0 aliphatic carbocycles. The second-order valence-corrected chi connectivity index (χ2v) is 7.77. The number of carbonyl (C=O) groups is 1. The number of benzene rings is 2. The van der Waals surface area contributed by atoms with Gasteiger partial charge in [0.25, 0.3) is 5.91 Å². The molecule has 2 fully saturated rings. The SMILES string of the molecule is Cc1ccc(-c2ccc(C(=O)NC3CC4CCC(C3)N4)c(F)c2)cc1C. The van der Waals surface area contributed by atoms with E-state index in [-0.39, 0.29) is 17.5 Å². The van der Waals surface area contributed by atoms with Gasteiger partial charge in [0, 0.05) is 18.1 Å². The zero-order chi connectivity index (χ0) is 18.3. The zero-order valence-corrected chi connectivity index (χ0v) is 15.3. The molecular weight excluding hydrogens is 327 g/mol. The quantitative estimate of drug-likeness (QED) is 0.872. The maximum atomic E-state index is 14.6. The molecule has 0 saturated carbocycles. The minimum atomic E-state index is -0.463. The van der Waals surface area contributed by atoms with E-state index in [1.807, 2.05) is 25.1 Å². The number of hydrogen-bond donors (Lipinski definition) is 2. The van der Waals surface area contributed by atoms with Crippen LogP contribution in [0.25, 0.3) is 11.1 Å². The number of hydrogen-bond acceptors (Lipinski definition) is 2. The van der Waals surface area contributed by atoms with Crippen LogP contribution in [-0.4, -0.2) is 24.0 Å². The van der Waals surface area contributed by atoms with Crippen LogP contribution in [0.3, 0.4) is 0 Å². The van der Waals surface area contributed by atoms with Gasteiger partial charge < -0.3 is 10.6 Å². The zero-order valence-electron chi connectivity index (χ0n) is 15.3. The number of rotatable bonds is 3. The molecule has 4 rings (SSSR count). The minimum Gasteiger partial charge on any atom is -0.349 e. The van der Waals surface area contributed by atoms with Crippen molar-refractivity contribution in [2.45, 2.75) is 57.7 Å². The first-order chi connectivity index (χ1) is 12.5. The molecule has 2 aromatic carbocycles. The molecule has 0 spiro atoms. The van der Waals surface area contributed by atoms with Crippen LogP contribution in [0, 0.1) is 19.7 Å². The highest BCUT2D eigenvalue weighted by atomic mass is 19.1. The average molecular weight is 352 g/mol. The van der Waals surface area contributed by atoms with E-state index < -0.39 is 5.82 Å². The lowest BCUT2D eigenvalue weighted by molar-refractivity contribution is 0.0920. The topological polar surface area (TPSA) is 41.1 Å². The monoisotopic (exact) mass is 352 g/mol. The summed E-state index contributed by atoms with van der Waals surface area (Å²) in [4.78, 5) is 12.5. The molecule has 1 amide bonds. The Labute approximate surface area is 154 Å². The van der Waals surface area contributed by atoms with E-state index in [0.717, 1.165) is 24.0 Å². The molecule has 0 radical (unpaired) electrons. The summed E-state index contributed by atoms with van der Waals surface area (Å²) in [5.74, 6) is -0.768. The summed E-state index contributed by atoms with van der Waals surface area (Å²) in [6.07, 6.45) is 4.22. The number of carbonyl (C=O) groups excluding carboxylic acids is 1. The van der Waals surface area contributed by atoms with E-state index in [4.69, 9.17) is 0 Å². The summed E-state index contributed by atoms with van der Waals surface area (Å²) in [6, 6.07) is 12.1. The van der Waals surface area contributed by atoms with Crippen molar-refractivity contribution in [3.05, 3.63) is 58.9 Å². The molecule has 2 atom stereocenters. The highest BCUT2D eigenvalue weighted by Crippen LogP contribution is 2.28. The van der Waals surface area contributed by atoms with Crippen LogP contribution < -0.4 is 10.6 Å². The summed E-state index contributed by atoms with van der Waals surface area (Å²) >= 11 is 0. The maximum absolute atomic E-state index is 14.6. The molecule has 26 heavy (non-hydrogen) atoms. The number of amides is 1. The molecule has 2 aromatic rings. The van der Waals surface area contributed by atoms with E-state index in [9.17, 15) is 9.18 Å². The van der Waals surface area contributed by atoms with Gasteiger partial charge in [0.2, 0.25) is 0 Å². The van der Waals surface area contributed by atoms with E-state index in [1.165, 1.54) is 30.0 Å². The molecule has 4 heteroatoms. The maximum Gasteiger partial charge on any atom is 0.254 e. The van der Waals surface area contributed by atoms with Gasteiger partial charge in [-0.2, -0.15) is 0 Å². The van der Waals surface area contributed by atoms with Gasteiger partial charge in [-0.1, -0.05) is 24.3 Å². The standard InChI is InChI=1S/C22H25FN2O/c1-13-3-4-15(9-14(13)2)16-5-8-20(21(23)10-16)22(26)25-19-11-17-6-7-18(12-19)24-17/h3-5,8-10,17-19,24H,6-7,11-12H2,1-2H3,(H,25,26). The molecule has 2 N–H and O–H groups in total. The van der Waals surface area contributed by atoms with Gasteiger partial charge in [-0.15, -0.1) is 0 Å². The minimum absolute atomic E-state index is 0.128. The Hall–Kier alpha value is -2.20. The first kappa shape index (κ1) is 17.2. The molecule has 2 heterocycles. The number of piperidine rings is 1. The molecule has 3 nitrogen and oxygen atoms in total. The number of aryl methyl sites for hydroxylation is 2. The smallest absolute Gasteiger partial charge is 0.254 e. The normalized spacial score (nSPS) is 24.5. The first-order valence-electron chi connectivity index (χ1n) is 9.43. The highest BCUT2D eigenvalue weighted by Gasteiger charge is 2.34. The lowest BCUT2D eigenvalue weighted by Crippen LogP contribution is -2.48. The molecule has 2 saturated heterocycles. The fourth-order valence-electron chi connectivity index (χ4n) is 4.24. The Bertz CT molecular complexity index is 836. The van der Waals surface area contributed by atoms with Gasteiger partial charge in [0.15, 0.2) is 0 Å². The Morgan fingerprint density at radius 1 is 1.00 bits per heavy atom. The number of nitrogens with one attached hydrogen (secondary N) is 2. The Kier molecular flexibility index (Phi) is 4.53. The lowest BCUT2D eigenvalue weighted by Gasteiger charge is -2.29. The highest BCUT2D eigenvalue weighted by molar-refractivity contribution is 5.95. The summed E-state index contributed by atoms with van der Waals surface area (Å²) in [5, 5.41) is 6.59. The summed E-state index contributed by atoms with van der Waals surface area (Å²) in [7, 11) is 0. The van der Waals surface area contributed by atoms with Gasteiger partial charge in [-0.25, -0.2) is 4.39 Å². The fourth-order valence-corrected chi connectivity index (χ4v) is 4.24. The van der Waals surface area contributed by atoms with Gasteiger partial charge in [0.05, 0.1) is 5.56 Å². The Balaban J connectivity index is 1.50. The molecule has 2 aliphatic heterocycles. The summed E-state index contributed by atoms with van der Waals surface area (Å²) in [5.41, 5.74) is 4.27. The van der Waals surface area contributed by atoms with E-state index >= 15 is 0 Å². The van der Waals surface area contributed by atoms with Gasteiger partial charge in [0.1, 0.15) is 5.82 Å². The van der Waals surface area contributed by atoms with Gasteiger partial charge in [-0.3, -0.25) is 4.79 Å². The molecule has 2 bridgehead atoms.